The van der Waals surface area contributed by atoms with E-state index in [1.165, 1.54) is 0 Å². The number of nitrogens with zero attached hydrogens (tertiary/aromatic N) is 5. The molecule has 0 atom stereocenters. The van der Waals surface area contributed by atoms with Crippen LogP contribution in [0.5, 0.6) is 5.75 Å². The van der Waals surface area contributed by atoms with Gasteiger partial charge < -0.3 is 15.2 Å². The van der Waals surface area contributed by atoms with Crippen molar-refractivity contribution in [3.63, 3.8) is 0 Å². The first-order chi connectivity index (χ1) is 14.8. The molecule has 0 fully saturated rings. The lowest BCUT2D eigenvalue weighted by Crippen LogP contribution is -2.29. The Balaban J connectivity index is 1.63. The largest absolute Gasteiger partial charge is 0.496 e. The van der Waals surface area contributed by atoms with Crippen molar-refractivity contribution in [2.75, 3.05) is 19.0 Å². The average Bonchev–Trinajstić information content (AvgIpc) is 3.18. The smallest absolute Gasteiger partial charge is 0.152 e. The van der Waals surface area contributed by atoms with Crippen LogP contribution in [0.4, 0.5) is 5.82 Å². The number of anilines is 1. The van der Waals surface area contributed by atoms with Gasteiger partial charge in [0, 0.05) is 55.1 Å². The van der Waals surface area contributed by atoms with Crippen molar-refractivity contribution in [3.8, 4) is 16.9 Å². The first kappa shape index (κ1) is 20.7. The maximum Gasteiger partial charge on any atom is 0.152 e. The first-order valence-corrected chi connectivity index (χ1v) is 10.1. The van der Waals surface area contributed by atoms with Crippen molar-refractivity contribution in [3.05, 3.63) is 60.4 Å². The van der Waals surface area contributed by atoms with Gasteiger partial charge >= 0.3 is 0 Å². The van der Waals surface area contributed by atoms with Gasteiger partial charge in [0.05, 0.1) is 18.9 Å². The van der Waals surface area contributed by atoms with Crippen LogP contribution in [-0.2, 0) is 13.5 Å². The second-order valence-electron chi connectivity index (χ2n) is 8.16. The van der Waals surface area contributed by atoms with Gasteiger partial charge in [-0.1, -0.05) is 12.1 Å². The van der Waals surface area contributed by atoms with E-state index in [9.17, 15) is 5.11 Å². The van der Waals surface area contributed by atoms with Crippen molar-refractivity contribution in [1.82, 2.24) is 24.7 Å². The van der Waals surface area contributed by atoms with Gasteiger partial charge in [0.1, 0.15) is 17.1 Å². The molecule has 0 unspecified atom stereocenters. The van der Waals surface area contributed by atoms with E-state index in [4.69, 9.17) is 9.72 Å². The molecule has 3 heterocycles. The molecule has 2 N–H and O–H groups in total. The molecular weight excluding hydrogens is 392 g/mol. The van der Waals surface area contributed by atoms with E-state index >= 15 is 0 Å². The van der Waals surface area contributed by atoms with Gasteiger partial charge in [0.15, 0.2) is 5.82 Å². The summed E-state index contributed by atoms with van der Waals surface area (Å²) in [4.78, 5) is 13.7. The molecule has 0 amide bonds. The maximum atomic E-state index is 10.0. The van der Waals surface area contributed by atoms with Crippen LogP contribution < -0.4 is 10.1 Å². The Bertz CT molecular complexity index is 1210. The van der Waals surface area contributed by atoms with Crippen LogP contribution in [0.1, 0.15) is 25.2 Å². The van der Waals surface area contributed by atoms with Crippen LogP contribution in [0.3, 0.4) is 0 Å². The molecule has 0 aliphatic rings. The van der Waals surface area contributed by atoms with Crippen molar-refractivity contribution >= 4 is 16.7 Å². The highest BCUT2D eigenvalue weighted by atomic mass is 16.5. The summed E-state index contributed by atoms with van der Waals surface area (Å²) in [6, 6.07) is 7.96. The summed E-state index contributed by atoms with van der Waals surface area (Å²) in [5.41, 5.74) is 2.92. The second kappa shape index (κ2) is 8.31. The zero-order valence-corrected chi connectivity index (χ0v) is 18.1. The average molecular weight is 419 g/mol. The summed E-state index contributed by atoms with van der Waals surface area (Å²) in [5.74, 6) is 2.07. The van der Waals surface area contributed by atoms with Crippen molar-refractivity contribution < 1.29 is 9.84 Å². The minimum atomic E-state index is -0.858. The summed E-state index contributed by atoms with van der Waals surface area (Å²) >= 11 is 0. The van der Waals surface area contributed by atoms with Gasteiger partial charge in [-0.3, -0.25) is 4.68 Å². The highest BCUT2D eigenvalue weighted by Crippen LogP contribution is 2.28. The fourth-order valence-corrected chi connectivity index (χ4v) is 3.32. The lowest BCUT2D eigenvalue weighted by molar-refractivity contribution is 0.0944. The Kier molecular flexibility index (Phi) is 5.56. The minimum Gasteiger partial charge on any atom is -0.496 e. The molecule has 31 heavy (non-hydrogen) atoms. The number of aryl methyl sites for hydroxylation is 1. The third-order valence-electron chi connectivity index (χ3n) is 4.91. The van der Waals surface area contributed by atoms with Gasteiger partial charge in [-0.05, 0) is 31.5 Å². The third kappa shape index (κ3) is 4.80. The minimum absolute atomic E-state index is 0.363. The Morgan fingerprint density at radius 2 is 1.97 bits per heavy atom. The van der Waals surface area contributed by atoms with Crippen LogP contribution >= 0.6 is 0 Å². The lowest BCUT2D eigenvalue weighted by atomic mass is 10.0. The Morgan fingerprint density at radius 3 is 2.68 bits per heavy atom. The highest BCUT2D eigenvalue weighted by Gasteiger charge is 2.15. The standard InChI is InChI=1S/C23H26N6O2/c1-23(2,30)14-26-22-21-17(7-8-24-22)11-25-20(28-21)10-16-6-5-15(9-19(16)31-4)18-12-27-29(3)13-18/h5-9,11-13,30H,10,14H2,1-4H3,(H,24,26). The molecule has 8 heteroatoms. The highest BCUT2D eigenvalue weighted by molar-refractivity contribution is 5.87. The monoisotopic (exact) mass is 418 g/mol. The maximum absolute atomic E-state index is 10.0. The zero-order chi connectivity index (χ0) is 22.0. The molecule has 1 aromatic carbocycles. The van der Waals surface area contributed by atoms with Crippen molar-refractivity contribution in [2.45, 2.75) is 25.9 Å². The summed E-state index contributed by atoms with van der Waals surface area (Å²) in [6.07, 6.45) is 7.82. The van der Waals surface area contributed by atoms with Gasteiger partial charge in [-0.15, -0.1) is 0 Å². The van der Waals surface area contributed by atoms with Gasteiger partial charge in [-0.2, -0.15) is 5.10 Å². The van der Waals surface area contributed by atoms with E-state index in [2.05, 4.69) is 20.4 Å². The van der Waals surface area contributed by atoms with Crippen molar-refractivity contribution in [1.29, 1.82) is 0 Å². The van der Waals surface area contributed by atoms with E-state index in [1.54, 1.807) is 38.0 Å². The Hall–Kier alpha value is -3.52. The zero-order valence-electron chi connectivity index (χ0n) is 18.1. The van der Waals surface area contributed by atoms with Gasteiger partial charge in [0.2, 0.25) is 0 Å². The van der Waals surface area contributed by atoms with E-state index in [0.717, 1.165) is 33.3 Å². The van der Waals surface area contributed by atoms with E-state index in [0.29, 0.717) is 24.6 Å². The number of hydrogen-bond acceptors (Lipinski definition) is 7. The van der Waals surface area contributed by atoms with Crippen LogP contribution in [0.25, 0.3) is 22.0 Å². The third-order valence-corrected chi connectivity index (χ3v) is 4.91. The molecule has 4 aromatic rings. The van der Waals surface area contributed by atoms with E-state index in [1.807, 2.05) is 43.7 Å². The summed E-state index contributed by atoms with van der Waals surface area (Å²) in [7, 11) is 3.56. The predicted molar refractivity (Wildman–Crippen MR) is 120 cm³/mol. The number of rotatable bonds is 7. The molecule has 0 saturated carbocycles. The number of benzene rings is 1. The summed E-state index contributed by atoms with van der Waals surface area (Å²) < 4.78 is 7.41. The molecule has 0 saturated heterocycles. The first-order valence-electron chi connectivity index (χ1n) is 10.1. The Morgan fingerprint density at radius 1 is 1.13 bits per heavy atom. The molecule has 160 valence electrons. The number of aromatic nitrogens is 5. The molecule has 4 rings (SSSR count). The normalized spacial score (nSPS) is 11.6. The molecule has 8 nitrogen and oxygen atoms in total. The molecule has 0 radical (unpaired) electrons. The molecular formula is C23H26N6O2. The summed E-state index contributed by atoms with van der Waals surface area (Å²) in [6.45, 7) is 3.85. The topological polar surface area (TPSA) is 98.0 Å². The van der Waals surface area contributed by atoms with Gasteiger partial charge in [0.25, 0.3) is 0 Å². The number of hydrogen-bond donors (Lipinski definition) is 2. The van der Waals surface area contributed by atoms with Crippen molar-refractivity contribution in [2.24, 2.45) is 7.05 Å². The van der Waals surface area contributed by atoms with Gasteiger partial charge in [-0.25, -0.2) is 15.0 Å². The van der Waals surface area contributed by atoms with Crippen LogP contribution in [0.15, 0.2) is 49.1 Å². The number of fused-ring (bicyclic) bond motifs is 1. The number of aliphatic hydroxyl groups is 1. The van der Waals surface area contributed by atoms with E-state index in [-0.39, 0.29) is 0 Å². The number of nitrogens with one attached hydrogen (secondary N) is 1. The molecule has 3 aromatic heterocycles. The number of pyridine rings is 1. The molecule has 0 aliphatic carbocycles. The summed E-state index contributed by atoms with van der Waals surface area (Å²) in [5, 5.41) is 18.3. The lowest BCUT2D eigenvalue weighted by Gasteiger charge is -2.18. The van der Waals surface area contributed by atoms with Crippen LogP contribution in [-0.4, -0.2) is 49.1 Å². The SMILES string of the molecule is COc1cc(-c2cnn(C)c2)ccc1Cc1ncc2ccnc(NCC(C)(C)O)c2n1. The fraction of sp³-hybridized carbons (Fsp3) is 0.304. The van der Waals surface area contributed by atoms with Crippen LogP contribution in [0.2, 0.25) is 0 Å². The fourth-order valence-electron chi connectivity index (χ4n) is 3.32. The molecule has 0 aliphatic heterocycles. The number of methoxy groups -OCH3 is 1. The number of ether oxygens (including phenoxy) is 1. The quantitative estimate of drug-likeness (QED) is 0.475. The Labute approximate surface area is 181 Å². The predicted octanol–water partition coefficient (Wildman–Crippen LogP) is 3.21. The molecule has 0 bridgehead atoms. The molecule has 0 spiro atoms. The van der Waals surface area contributed by atoms with Crippen LogP contribution in [0, 0.1) is 0 Å². The second-order valence-corrected chi connectivity index (χ2v) is 8.16. The van der Waals surface area contributed by atoms with E-state index < -0.39 is 5.60 Å².